The molecule has 1 aliphatic rings. The van der Waals surface area contributed by atoms with Gasteiger partial charge in [0, 0.05) is 18.7 Å². The van der Waals surface area contributed by atoms with Crippen molar-refractivity contribution in [2.24, 2.45) is 11.8 Å². The molecule has 31 heavy (non-hydrogen) atoms. The Bertz CT molecular complexity index is 1040. The maximum Gasteiger partial charge on any atom is 0.306 e. The summed E-state index contributed by atoms with van der Waals surface area (Å²) in [5.41, 5.74) is 0.684. The summed E-state index contributed by atoms with van der Waals surface area (Å²) in [5.74, 6) is -0.416. The molecule has 3 aromatic rings. The number of hydrogen-bond donors (Lipinski definition) is 1. The van der Waals surface area contributed by atoms with Gasteiger partial charge >= 0.3 is 5.97 Å². The van der Waals surface area contributed by atoms with Crippen LogP contribution >= 0.6 is 0 Å². The van der Waals surface area contributed by atoms with Gasteiger partial charge in [-0.15, -0.1) is 0 Å². The van der Waals surface area contributed by atoms with Crippen LogP contribution in [0.4, 0.5) is 0 Å². The normalized spacial score (nSPS) is 15.5. The number of likely N-dealkylation sites (tertiary alicyclic amines) is 1. The average Bonchev–Trinajstić information content (AvgIpc) is 2.82. The number of carbonyl (C=O) groups excluding carboxylic acids is 1. The van der Waals surface area contributed by atoms with Crippen molar-refractivity contribution in [2.75, 3.05) is 19.7 Å². The number of carboxylic acids is 1. The van der Waals surface area contributed by atoms with Crippen LogP contribution in [0.25, 0.3) is 10.8 Å². The number of aliphatic carboxylic acids is 1. The second-order valence-electron chi connectivity index (χ2n) is 8.09. The lowest BCUT2D eigenvalue weighted by Crippen LogP contribution is -2.41. The summed E-state index contributed by atoms with van der Waals surface area (Å²) in [6.07, 6.45) is 1.86. The van der Waals surface area contributed by atoms with Crippen molar-refractivity contribution in [2.45, 2.75) is 19.3 Å². The van der Waals surface area contributed by atoms with Gasteiger partial charge < -0.3 is 14.7 Å². The molecule has 0 bridgehead atoms. The molecule has 3 aromatic carbocycles. The van der Waals surface area contributed by atoms with Crippen molar-refractivity contribution in [3.8, 4) is 5.75 Å². The molecule has 0 spiro atoms. The first kappa shape index (κ1) is 20.9. The first-order valence-electron chi connectivity index (χ1n) is 10.8. The molecule has 1 fully saturated rings. The fourth-order valence-electron chi connectivity index (χ4n) is 4.39. The number of carboxylic acid groups (broad SMARTS) is 1. The summed E-state index contributed by atoms with van der Waals surface area (Å²) in [4.78, 5) is 26.7. The molecule has 1 atom stereocenters. The Hall–Kier alpha value is -3.34. The standard InChI is InChI=1S/C26H27NO4/c28-25(22-11-10-19-6-4-5-7-21(19)18-22)27-15-12-20(13-16-27)24(26(29)30)14-17-31-23-8-2-1-3-9-23/h1-11,18,20,24H,12-17H2,(H,29,30). The zero-order valence-electron chi connectivity index (χ0n) is 17.4. The summed E-state index contributed by atoms with van der Waals surface area (Å²) >= 11 is 0. The number of carbonyl (C=O) groups is 2. The second kappa shape index (κ2) is 9.65. The Morgan fingerprint density at radius 3 is 2.32 bits per heavy atom. The number of fused-ring (bicyclic) bond motifs is 1. The van der Waals surface area contributed by atoms with Crippen LogP contribution in [0.3, 0.4) is 0 Å². The van der Waals surface area contributed by atoms with Crippen LogP contribution in [0.5, 0.6) is 5.75 Å². The van der Waals surface area contributed by atoms with Gasteiger partial charge in [0.1, 0.15) is 5.75 Å². The van der Waals surface area contributed by atoms with Crippen LogP contribution in [-0.4, -0.2) is 41.6 Å². The minimum Gasteiger partial charge on any atom is -0.494 e. The lowest BCUT2D eigenvalue weighted by molar-refractivity contribution is -0.144. The summed E-state index contributed by atoms with van der Waals surface area (Å²) in [6.45, 7) is 1.54. The third kappa shape index (κ3) is 5.05. The maximum atomic E-state index is 13.0. The van der Waals surface area contributed by atoms with Gasteiger partial charge in [-0.05, 0) is 60.2 Å². The van der Waals surface area contributed by atoms with E-state index in [9.17, 15) is 14.7 Å². The molecule has 5 heteroatoms. The van der Waals surface area contributed by atoms with Crippen molar-refractivity contribution in [3.05, 3.63) is 78.4 Å². The zero-order chi connectivity index (χ0) is 21.6. The predicted molar refractivity (Wildman–Crippen MR) is 120 cm³/mol. The molecule has 5 nitrogen and oxygen atoms in total. The maximum absolute atomic E-state index is 13.0. The van der Waals surface area contributed by atoms with E-state index in [4.69, 9.17) is 4.74 Å². The minimum atomic E-state index is -0.782. The number of piperidine rings is 1. The second-order valence-corrected chi connectivity index (χ2v) is 8.09. The van der Waals surface area contributed by atoms with E-state index in [1.165, 1.54) is 0 Å². The lowest BCUT2D eigenvalue weighted by Gasteiger charge is -2.34. The van der Waals surface area contributed by atoms with E-state index < -0.39 is 11.9 Å². The van der Waals surface area contributed by atoms with Gasteiger partial charge in [-0.1, -0.05) is 48.5 Å². The molecule has 1 aliphatic heterocycles. The molecule has 4 rings (SSSR count). The van der Waals surface area contributed by atoms with Crippen LogP contribution in [0.2, 0.25) is 0 Å². The van der Waals surface area contributed by atoms with Gasteiger partial charge in [-0.2, -0.15) is 0 Å². The minimum absolute atomic E-state index is 0.0171. The third-order valence-corrected chi connectivity index (χ3v) is 6.15. The first-order chi connectivity index (χ1) is 15.1. The number of ether oxygens (including phenoxy) is 1. The van der Waals surface area contributed by atoms with Crippen molar-refractivity contribution in [3.63, 3.8) is 0 Å². The zero-order valence-corrected chi connectivity index (χ0v) is 17.4. The molecule has 1 heterocycles. The molecule has 0 saturated carbocycles. The van der Waals surface area contributed by atoms with Crippen LogP contribution < -0.4 is 4.74 Å². The molecular formula is C26H27NO4. The Morgan fingerprint density at radius 2 is 1.61 bits per heavy atom. The van der Waals surface area contributed by atoms with Crippen molar-refractivity contribution in [1.29, 1.82) is 0 Å². The van der Waals surface area contributed by atoms with Crippen molar-refractivity contribution >= 4 is 22.6 Å². The summed E-state index contributed by atoms with van der Waals surface area (Å²) in [5, 5.41) is 11.9. The van der Waals surface area contributed by atoms with E-state index in [0.29, 0.717) is 44.5 Å². The number of para-hydroxylation sites is 1. The Kier molecular flexibility index (Phi) is 6.51. The van der Waals surface area contributed by atoms with Gasteiger partial charge in [-0.25, -0.2) is 0 Å². The molecule has 160 valence electrons. The fraction of sp³-hybridized carbons (Fsp3) is 0.308. The molecule has 1 amide bonds. The smallest absolute Gasteiger partial charge is 0.306 e. The Morgan fingerprint density at radius 1 is 0.935 bits per heavy atom. The number of nitrogens with zero attached hydrogens (tertiary/aromatic N) is 1. The van der Waals surface area contributed by atoms with Crippen molar-refractivity contribution < 1.29 is 19.4 Å². The first-order valence-corrected chi connectivity index (χ1v) is 10.8. The average molecular weight is 418 g/mol. The van der Waals surface area contributed by atoms with Crippen LogP contribution in [0.1, 0.15) is 29.6 Å². The monoisotopic (exact) mass is 417 g/mol. The summed E-state index contributed by atoms with van der Waals surface area (Å²) in [7, 11) is 0. The predicted octanol–water partition coefficient (Wildman–Crippen LogP) is 4.86. The topological polar surface area (TPSA) is 66.8 Å². The molecule has 0 aromatic heterocycles. The van der Waals surface area contributed by atoms with Gasteiger partial charge in [0.25, 0.3) is 5.91 Å². The van der Waals surface area contributed by atoms with E-state index in [1.807, 2.05) is 77.7 Å². The highest BCUT2D eigenvalue weighted by atomic mass is 16.5. The Labute approximate surface area is 182 Å². The van der Waals surface area contributed by atoms with Crippen LogP contribution in [0.15, 0.2) is 72.8 Å². The quantitative estimate of drug-likeness (QED) is 0.596. The van der Waals surface area contributed by atoms with E-state index >= 15 is 0 Å². The molecular weight excluding hydrogens is 390 g/mol. The van der Waals surface area contributed by atoms with E-state index in [1.54, 1.807) is 0 Å². The fourth-order valence-corrected chi connectivity index (χ4v) is 4.39. The van der Waals surface area contributed by atoms with Gasteiger partial charge in [0.05, 0.1) is 12.5 Å². The number of amides is 1. The Balaban J connectivity index is 1.33. The molecule has 0 radical (unpaired) electrons. The highest BCUT2D eigenvalue weighted by Gasteiger charge is 2.32. The van der Waals surface area contributed by atoms with Crippen LogP contribution in [-0.2, 0) is 4.79 Å². The largest absolute Gasteiger partial charge is 0.494 e. The summed E-state index contributed by atoms with van der Waals surface area (Å²) < 4.78 is 5.70. The van der Waals surface area contributed by atoms with Crippen molar-refractivity contribution in [1.82, 2.24) is 4.90 Å². The highest BCUT2D eigenvalue weighted by molar-refractivity contribution is 5.98. The van der Waals surface area contributed by atoms with Gasteiger partial charge in [0.2, 0.25) is 0 Å². The van der Waals surface area contributed by atoms with E-state index in [2.05, 4.69) is 0 Å². The highest BCUT2D eigenvalue weighted by Crippen LogP contribution is 2.29. The number of rotatable bonds is 7. The molecule has 1 unspecified atom stereocenters. The SMILES string of the molecule is O=C(O)C(CCOc1ccccc1)C1CCN(C(=O)c2ccc3ccccc3c2)CC1. The van der Waals surface area contributed by atoms with E-state index in [-0.39, 0.29) is 11.8 Å². The molecule has 0 aliphatic carbocycles. The van der Waals surface area contributed by atoms with Gasteiger partial charge in [-0.3, -0.25) is 9.59 Å². The van der Waals surface area contributed by atoms with Gasteiger partial charge in [0.15, 0.2) is 0 Å². The lowest BCUT2D eigenvalue weighted by atomic mass is 9.82. The summed E-state index contributed by atoms with van der Waals surface area (Å²) in [6, 6.07) is 23.2. The number of hydrogen-bond acceptors (Lipinski definition) is 3. The molecule has 1 saturated heterocycles. The van der Waals surface area contributed by atoms with Crippen LogP contribution in [0, 0.1) is 11.8 Å². The third-order valence-electron chi connectivity index (χ3n) is 6.15. The number of benzene rings is 3. The van der Waals surface area contributed by atoms with E-state index in [0.717, 1.165) is 16.5 Å². The molecule has 1 N–H and O–H groups in total.